The third kappa shape index (κ3) is 5.53. The maximum atomic E-state index is 13.0. The molecule has 6 nitrogen and oxygen atoms in total. The summed E-state index contributed by atoms with van der Waals surface area (Å²) < 4.78 is 2.13. The molecule has 39 heavy (non-hydrogen) atoms. The molecule has 4 aromatic rings. The molecule has 200 valence electrons. The number of nitrogens with zero attached hydrogens (tertiary/aromatic N) is 3. The molecule has 9 heteroatoms. The van der Waals surface area contributed by atoms with Crippen molar-refractivity contribution in [3.05, 3.63) is 111 Å². The minimum absolute atomic E-state index is 0.0643. The zero-order valence-corrected chi connectivity index (χ0v) is 24.2. The number of anilines is 1. The van der Waals surface area contributed by atoms with E-state index >= 15 is 0 Å². The highest BCUT2D eigenvalue weighted by atomic mass is 35.5. The number of hydrogen-bond donors (Lipinski definition) is 2. The third-order valence-electron chi connectivity index (χ3n) is 7.14. The highest BCUT2D eigenvalue weighted by Gasteiger charge is 2.41. The van der Waals surface area contributed by atoms with Crippen molar-refractivity contribution in [2.24, 2.45) is 0 Å². The second kappa shape index (κ2) is 11.4. The fourth-order valence-electron chi connectivity index (χ4n) is 5.25. The molecule has 1 amide bonds. The Hall–Kier alpha value is -3.39. The molecule has 3 heterocycles. The molecule has 1 saturated heterocycles. The van der Waals surface area contributed by atoms with Crippen molar-refractivity contribution < 1.29 is 4.79 Å². The second-order valence-electron chi connectivity index (χ2n) is 9.69. The Bertz CT molecular complexity index is 1540. The molecule has 0 spiro atoms. The maximum Gasteiger partial charge on any atom is 0.226 e. The van der Waals surface area contributed by atoms with E-state index < -0.39 is 0 Å². The predicted octanol–water partition coefficient (Wildman–Crippen LogP) is 7.11. The van der Waals surface area contributed by atoms with Crippen molar-refractivity contribution in [1.29, 1.82) is 0 Å². The van der Waals surface area contributed by atoms with Gasteiger partial charge in [-0.05, 0) is 86.6 Å². The Morgan fingerprint density at radius 2 is 1.82 bits per heavy atom. The summed E-state index contributed by atoms with van der Waals surface area (Å²) in [6, 6.07) is 20.9. The van der Waals surface area contributed by atoms with Gasteiger partial charge >= 0.3 is 0 Å². The minimum atomic E-state index is -0.187. The molecule has 0 unspecified atom stereocenters. The van der Waals surface area contributed by atoms with Crippen molar-refractivity contribution in [2.75, 3.05) is 11.9 Å². The van der Waals surface area contributed by atoms with Crippen LogP contribution in [-0.2, 0) is 4.79 Å². The summed E-state index contributed by atoms with van der Waals surface area (Å²) in [4.78, 5) is 19.7. The van der Waals surface area contributed by atoms with E-state index in [2.05, 4.69) is 45.0 Å². The average Bonchev–Trinajstić information content (AvgIpc) is 3.39. The summed E-state index contributed by atoms with van der Waals surface area (Å²) in [5, 5.41) is 8.26. The standard InChI is InChI=1S/C30H29Cl2N5OS/c1-18-8-4-5-9-24(18)34-27(38)13-15-36-29(28(35-30(36)39)25-10-6-7-14-33-25)22-16-19(2)37(20(22)3)26-12-11-21(31)17-23(26)32/h4-12,14,16-17,28-29H,13,15H2,1-3H3,(H,34,38)(H,35,39)/t28-,29+/m0/s1. The molecule has 2 atom stereocenters. The quantitative estimate of drug-likeness (QED) is 0.229. The van der Waals surface area contributed by atoms with E-state index in [9.17, 15) is 4.79 Å². The van der Waals surface area contributed by atoms with Crippen molar-refractivity contribution >= 4 is 52.1 Å². The third-order valence-corrected chi connectivity index (χ3v) is 8.03. The molecule has 1 fully saturated rings. The fraction of sp³-hybridized carbons (Fsp3) is 0.233. The molecule has 0 saturated carbocycles. The van der Waals surface area contributed by atoms with E-state index in [1.807, 2.05) is 61.5 Å². The van der Waals surface area contributed by atoms with Gasteiger partial charge in [0.05, 0.1) is 28.5 Å². The molecule has 0 radical (unpaired) electrons. The molecule has 1 aliphatic heterocycles. The Kier molecular flexibility index (Phi) is 7.93. The summed E-state index contributed by atoms with van der Waals surface area (Å²) in [6.07, 6.45) is 2.07. The highest BCUT2D eigenvalue weighted by Crippen LogP contribution is 2.42. The number of rotatable bonds is 7. The molecule has 2 N–H and O–H groups in total. The fourth-order valence-corrected chi connectivity index (χ4v) is 6.08. The van der Waals surface area contributed by atoms with Crippen molar-refractivity contribution in [3.63, 3.8) is 0 Å². The number of carbonyl (C=O) groups is 1. The minimum Gasteiger partial charge on any atom is -0.352 e. The van der Waals surface area contributed by atoms with Crippen LogP contribution in [0, 0.1) is 20.8 Å². The maximum absolute atomic E-state index is 13.0. The molecular weight excluding hydrogens is 549 g/mol. The van der Waals surface area contributed by atoms with Crippen LogP contribution in [0.15, 0.2) is 72.9 Å². The highest BCUT2D eigenvalue weighted by molar-refractivity contribution is 7.80. The lowest BCUT2D eigenvalue weighted by atomic mass is 9.96. The molecule has 1 aliphatic rings. The van der Waals surface area contributed by atoms with Gasteiger partial charge < -0.3 is 20.1 Å². The average molecular weight is 579 g/mol. The van der Waals surface area contributed by atoms with Crippen LogP contribution in [0.25, 0.3) is 5.69 Å². The van der Waals surface area contributed by atoms with Crippen LogP contribution >= 0.6 is 35.4 Å². The first-order valence-corrected chi connectivity index (χ1v) is 13.9. The summed E-state index contributed by atoms with van der Waals surface area (Å²) in [6.45, 7) is 6.55. The van der Waals surface area contributed by atoms with Gasteiger partial charge in [-0.15, -0.1) is 0 Å². The number of aryl methyl sites for hydroxylation is 2. The topological polar surface area (TPSA) is 62.2 Å². The Morgan fingerprint density at radius 1 is 1.05 bits per heavy atom. The van der Waals surface area contributed by atoms with Crippen LogP contribution < -0.4 is 10.6 Å². The van der Waals surface area contributed by atoms with Crippen LogP contribution in [0.5, 0.6) is 0 Å². The smallest absolute Gasteiger partial charge is 0.226 e. The lowest BCUT2D eigenvalue weighted by Crippen LogP contribution is -2.33. The predicted molar refractivity (Wildman–Crippen MR) is 162 cm³/mol. The number of carbonyl (C=O) groups excluding carboxylic acids is 1. The van der Waals surface area contributed by atoms with E-state index in [0.29, 0.717) is 21.7 Å². The van der Waals surface area contributed by atoms with Crippen molar-refractivity contribution in [1.82, 2.24) is 19.8 Å². The Morgan fingerprint density at radius 3 is 2.54 bits per heavy atom. The molecule has 5 rings (SSSR count). The number of aromatic nitrogens is 2. The van der Waals surface area contributed by atoms with Gasteiger partial charge in [0, 0.05) is 41.3 Å². The SMILES string of the molecule is Cc1ccccc1NC(=O)CCN1C(=S)N[C@@H](c2ccccn2)[C@H]1c1cc(C)n(-c2ccc(Cl)cc2Cl)c1C. The Labute approximate surface area is 244 Å². The number of nitrogens with one attached hydrogen (secondary N) is 2. The largest absolute Gasteiger partial charge is 0.352 e. The number of hydrogen-bond acceptors (Lipinski definition) is 3. The zero-order valence-electron chi connectivity index (χ0n) is 21.9. The van der Waals surface area contributed by atoms with Crippen molar-refractivity contribution in [3.8, 4) is 5.69 Å². The van der Waals surface area contributed by atoms with Crippen LogP contribution in [0.1, 0.15) is 46.7 Å². The second-order valence-corrected chi connectivity index (χ2v) is 10.9. The first-order valence-electron chi connectivity index (χ1n) is 12.7. The van der Waals surface area contributed by atoms with Gasteiger partial charge in [-0.2, -0.15) is 0 Å². The monoisotopic (exact) mass is 577 g/mol. The van der Waals surface area contributed by atoms with E-state index in [0.717, 1.165) is 39.6 Å². The first-order chi connectivity index (χ1) is 18.7. The molecular formula is C30H29Cl2N5OS. The van der Waals surface area contributed by atoms with Crippen molar-refractivity contribution in [2.45, 2.75) is 39.3 Å². The van der Waals surface area contributed by atoms with Gasteiger partial charge in [-0.25, -0.2) is 0 Å². The number of benzene rings is 2. The number of para-hydroxylation sites is 1. The van der Waals surface area contributed by atoms with E-state index in [1.54, 1.807) is 12.3 Å². The van der Waals surface area contributed by atoms with Gasteiger partial charge in [0.15, 0.2) is 5.11 Å². The van der Waals surface area contributed by atoms with Gasteiger partial charge in [0.1, 0.15) is 0 Å². The normalized spacial score (nSPS) is 16.8. The van der Waals surface area contributed by atoms with Crippen LogP contribution in [-0.4, -0.2) is 32.0 Å². The first kappa shape index (κ1) is 27.2. The summed E-state index contributed by atoms with van der Waals surface area (Å²) in [5.74, 6) is -0.0643. The molecule has 2 aromatic heterocycles. The molecule has 2 aromatic carbocycles. The number of amides is 1. The summed E-state index contributed by atoms with van der Waals surface area (Å²) in [5.41, 5.74) is 6.72. The van der Waals surface area contributed by atoms with E-state index in [4.69, 9.17) is 35.4 Å². The van der Waals surface area contributed by atoms with Gasteiger partial charge in [-0.3, -0.25) is 9.78 Å². The van der Waals surface area contributed by atoms with Crippen LogP contribution in [0.2, 0.25) is 10.0 Å². The van der Waals surface area contributed by atoms with E-state index in [1.165, 1.54) is 0 Å². The van der Waals surface area contributed by atoms with Gasteiger partial charge in [0.25, 0.3) is 0 Å². The Balaban J connectivity index is 1.49. The van der Waals surface area contributed by atoms with Crippen LogP contribution in [0.3, 0.4) is 0 Å². The number of pyridine rings is 1. The number of thiocarbonyl (C=S) groups is 1. The van der Waals surface area contributed by atoms with Crippen LogP contribution in [0.4, 0.5) is 5.69 Å². The zero-order chi connectivity index (χ0) is 27.7. The van der Waals surface area contributed by atoms with Gasteiger partial charge in [-0.1, -0.05) is 47.5 Å². The lowest BCUT2D eigenvalue weighted by Gasteiger charge is -2.28. The summed E-state index contributed by atoms with van der Waals surface area (Å²) >= 11 is 18.6. The lowest BCUT2D eigenvalue weighted by molar-refractivity contribution is -0.116. The van der Waals surface area contributed by atoms with E-state index in [-0.39, 0.29) is 24.4 Å². The molecule has 0 aliphatic carbocycles. The molecule has 0 bridgehead atoms. The number of halogens is 2. The summed E-state index contributed by atoms with van der Waals surface area (Å²) in [7, 11) is 0. The van der Waals surface area contributed by atoms with Gasteiger partial charge in [0.2, 0.25) is 5.91 Å².